The van der Waals surface area contributed by atoms with Gasteiger partial charge in [0.25, 0.3) is 5.91 Å². The number of rotatable bonds is 3. The van der Waals surface area contributed by atoms with Crippen LogP contribution in [0.25, 0.3) is 0 Å². The predicted octanol–water partition coefficient (Wildman–Crippen LogP) is 1.79. The molecular formula is C14H17NO4. The van der Waals surface area contributed by atoms with Gasteiger partial charge in [0, 0.05) is 0 Å². The van der Waals surface area contributed by atoms with Gasteiger partial charge in [-0.05, 0) is 38.5 Å². The number of esters is 1. The minimum Gasteiger partial charge on any atom is -0.467 e. The van der Waals surface area contributed by atoms with Gasteiger partial charge < -0.3 is 14.8 Å². The van der Waals surface area contributed by atoms with Crippen LogP contribution in [0.5, 0.6) is 5.75 Å². The van der Waals surface area contributed by atoms with Crippen molar-refractivity contribution in [1.29, 1.82) is 0 Å². The lowest BCUT2D eigenvalue weighted by Gasteiger charge is -2.35. The van der Waals surface area contributed by atoms with Gasteiger partial charge in [-0.3, -0.25) is 9.59 Å². The van der Waals surface area contributed by atoms with Crippen molar-refractivity contribution in [2.75, 3.05) is 6.61 Å². The number of nitrogens with one attached hydrogen (secondary N) is 1. The fourth-order valence-electron chi connectivity index (χ4n) is 2.05. The first-order chi connectivity index (χ1) is 8.93. The van der Waals surface area contributed by atoms with Gasteiger partial charge in [0.15, 0.2) is 5.72 Å². The summed E-state index contributed by atoms with van der Waals surface area (Å²) in [7, 11) is 0. The Hall–Kier alpha value is -2.04. The predicted molar refractivity (Wildman–Crippen MR) is 68.9 cm³/mol. The van der Waals surface area contributed by atoms with E-state index in [2.05, 4.69) is 5.32 Å². The van der Waals surface area contributed by atoms with Crippen molar-refractivity contribution in [3.63, 3.8) is 0 Å². The number of fused-ring (bicyclic) bond motifs is 1. The van der Waals surface area contributed by atoms with Crippen LogP contribution in [0.15, 0.2) is 18.2 Å². The topological polar surface area (TPSA) is 64.6 Å². The van der Waals surface area contributed by atoms with Crippen molar-refractivity contribution in [3.05, 3.63) is 29.3 Å². The van der Waals surface area contributed by atoms with Crippen molar-refractivity contribution in [2.24, 2.45) is 0 Å². The summed E-state index contributed by atoms with van der Waals surface area (Å²) < 4.78 is 10.6. The highest BCUT2D eigenvalue weighted by Gasteiger charge is 2.38. The summed E-state index contributed by atoms with van der Waals surface area (Å²) in [6.07, 6.45) is -0.0278. The first kappa shape index (κ1) is 13.4. The number of hydrogen-bond acceptors (Lipinski definition) is 4. The molecule has 1 unspecified atom stereocenters. The monoisotopic (exact) mass is 263 g/mol. The third kappa shape index (κ3) is 2.86. The van der Waals surface area contributed by atoms with Crippen molar-refractivity contribution in [3.8, 4) is 5.75 Å². The summed E-state index contributed by atoms with van der Waals surface area (Å²) in [5, 5.41) is 2.70. The van der Waals surface area contributed by atoms with Crippen LogP contribution in [0.3, 0.4) is 0 Å². The molecule has 0 saturated carbocycles. The number of hydrogen-bond donors (Lipinski definition) is 1. The van der Waals surface area contributed by atoms with Crippen LogP contribution in [0, 0.1) is 6.92 Å². The van der Waals surface area contributed by atoms with Crippen LogP contribution in [-0.4, -0.2) is 24.2 Å². The highest BCUT2D eigenvalue weighted by molar-refractivity contribution is 5.98. The zero-order chi connectivity index (χ0) is 14.0. The van der Waals surface area contributed by atoms with Gasteiger partial charge in [-0.1, -0.05) is 6.07 Å². The fourth-order valence-corrected chi connectivity index (χ4v) is 2.05. The van der Waals surface area contributed by atoms with Gasteiger partial charge in [0.05, 0.1) is 12.2 Å². The van der Waals surface area contributed by atoms with Gasteiger partial charge in [-0.25, -0.2) is 0 Å². The molecule has 1 aromatic carbocycles. The van der Waals surface area contributed by atoms with Crippen molar-refractivity contribution in [1.82, 2.24) is 5.32 Å². The summed E-state index contributed by atoms with van der Waals surface area (Å²) in [6, 6.07) is 5.34. The molecule has 0 fully saturated rings. The van der Waals surface area contributed by atoms with Crippen LogP contribution >= 0.6 is 0 Å². The number of ether oxygens (including phenoxy) is 2. The molecule has 0 saturated heterocycles. The lowest BCUT2D eigenvalue weighted by Crippen LogP contribution is -2.55. The Balaban J connectivity index is 2.23. The molecule has 19 heavy (non-hydrogen) atoms. The van der Waals surface area contributed by atoms with Gasteiger partial charge >= 0.3 is 5.97 Å². The Morgan fingerprint density at radius 2 is 2.21 bits per heavy atom. The highest BCUT2D eigenvalue weighted by atomic mass is 16.5. The quantitative estimate of drug-likeness (QED) is 0.844. The molecule has 1 aliphatic rings. The van der Waals surface area contributed by atoms with Gasteiger partial charge in [-0.2, -0.15) is 0 Å². The largest absolute Gasteiger partial charge is 0.467 e. The molecule has 1 heterocycles. The molecule has 102 valence electrons. The molecular weight excluding hydrogens is 246 g/mol. The Bertz CT molecular complexity index is 526. The summed E-state index contributed by atoms with van der Waals surface area (Å²) in [4.78, 5) is 23.6. The maximum Gasteiger partial charge on any atom is 0.311 e. The van der Waals surface area contributed by atoms with E-state index in [4.69, 9.17) is 9.47 Å². The van der Waals surface area contributed by atoms with E-state index in [0.717, 1.165) is 5.56 Å². The Morgan fingerprint density at radius 3 is 2.89 bits per heavy atom. The SMILES string of the molecule is CCOC(=O)CC1(C)NC(=O)c2ccc(C)cc2O1. The van der Waals surface area contributed by atoms with Crippen molar-refractivity contribution in [2.45, 2.75) is 32.9 Å². The van der Waals surface area contributed by atoms with Gasteiger partial charge in [0.1, 0.15) is 12.2 Å². The summed E-state index contributed by atoms with van der Waals surface area (Å²) >= 11 is 0. The average Bonchev–Trinajstić information content (AvgIpc) is 2.27. The number of carbonyl (C=O) groups is 2. The van der Waals surface area contributed by atoms with E-state index in [0.29, 0.717) is 17.9 Å². The van der Waals surface area contributed by atoms with E-state index in [1.165, 1.54) is 0 Å². The second-order valence-electron chi connectivity index (χ2n) is 4.77. The van der Waals surface area contributed by atoms with Crippen molar-refractivity contribution >= 4 is 11.9 Å². The lowest BCUT2D eigenvalue weighted by molar-refractivity contribution is -0.148. The third-order valence-electron chi connectivity index (χ3n) is 2.88. The number of carbonyl (C=O) groups excluding carboxylic acids is 2. The Kier molecular flexibility index (Phi) is 3.46. The number of aryl methyl sites for hydroxylation is 1. The third-order valence-corrected chi connectivity index (χ3v) is 2.88. The number of benzene rings is 1. The van der Waals surface area contributed by atoms with E-state index in [-0.39, 0.29) is 12.3 Å². The Labute approximate surface area is 111 Å². The zero-order valence-electron chi connectivity index (χ0n) is 11.3. The molecule has 0 radical (unpaired) electrons. The summed E-state index contributed by atoms with van der Waals surface area (Å²) in [6.45, 7) is 5.61. The maximum absolute atomic E-state index is 12.0. The van der Waals surface area contributed by atoms with Crippen LogP contribution in [0.2, 0.25) is 0 Å². The van der Waals surface area contributed by atoms with Crippen molar-refractivity contribution < 1.29 is 19.1 Å². The lowest BCUT2D eigenvalue weighted by atomic mass is 10.0. The van der Waals surface area contributed by atoms with Gasteiger partial charge in [0.2, 0.25) is 0 Å². The first-order valence-corrected chi connectivity index (χ1v) is 6.21. The van der Waals surface area contributed by atoms with Crippen LogP contribution in [0.4, 0.5) is 0 Å². The molecule has 1 amide bonds. The standard InChI is InChI=1S/C14H17NO4/c1-4-18-12(16)8-14(3)15-13(17)10-6-5-9(2)7-11(10)19-14/h5-7H,4,8H2,1-3H3,(H,15,17). The average molecular weight is 263 g/mol. The molecule has 1 atom stereocenters. The summed E-state index contributed by atoms with van der Waals surface area (Å²) in [5.74, 6) is -0.148. The Morgan fingerprint density at radius 1 is 1.47 bits per heavy atom. The maximum atomic E-state index is 12.0. The number of amides is 1. The van der Waals surface area contributed by atoms with E-state index in [1.807, 2.05) is 13.0 Å². The van der Waals surface area contributed by atoms with Crippen LogP contribution in [0.1, 0.15) is 36.2 Å². The molecule has 5 nitrogen and oxygen atoms in total. The van der Waals surface area contributed by atoms with E-state index >= 15 is 0 Å². The molecule has 1 N–H and O–H groups in total. The van der Waals surface area contributed by atoms with Crippen LogP contribution in [-0.2, 0) is 9.53 Å². The second kappa shape index (κ2) is 4.91. The molecule has 0 bridgehead atoms. The highest BCUT2D eigenvalue weighted by Crippen LogP contribution is 2.30. The normalized spacial score (nSPS) is 21.1. The van der Waals surface area contributed by atoms with Gasteiger partial charge in [-0.15, -0.1) is 0 Å². The van der Waals surface area contributed by atoms with E-state index in [9.17, 15) is 9.59 Å². The fraction of sp³-hybridized carbons (Fsp3) is 0.429. The summed E-state index contributed by atoms with van der Waals surface area (Å²) in [5.41, 5.74) is 0.406. The second-order valence-corrected chi connectivity index (χ2v) is 4.77. The minimum atomic E-state index is -1.07. The molecule has 2 rings (SSSR count). The zero-order valence-corrected chi connectivity index (χ0v) is 11.3. The molecule has 0 aromatic heterocycles. The van der Waals surface area contributed by atoms with Crippen LogP contribution < -0.4 is 10.1 Å². The molecule has 5 heteroatoms. The smallest absolute Gasteiger partial charge is 0.311 e. The van der Waals surface area contributed by atoms with E-state index < -0.39 is 11.7 Å². The molecule has 1 aromatic rings. The molecule has 0 spiro atoms. The first-order valence-electron chi connectivity index (χ1n) is 6.21. The molecule has 1 aliphatic heterocycles. The minimum absolute atomic E-state index is 0.0278. The van der Waals surface area contributed by atoms with E-state index in [1.54, 1.807) is 26.0 Å². The molecule has 0 aliphatic carbocycles.